The Bertz CT molecular complexity index is 1110. The molecule has 0 saturated heterocycles. The topological polar surface area (TPSA) is 95.5 Å². The van der Waals surface area contributed by atoms with Crippen molar-refractivity contribution >= 4 is 45.5 Å². The van der Waals surface area contributed by atoms with E-state index in [2.05, 4.69) is 26.6 Å². The third-order valence-corrected chi connectivity index (χ3v) is 4.80. The molecular formula is C23H17BrN2O4. The summed E-state index contributed by atoms with van der Waals surface area (Å²) >= 11 is 3.33. The lowest BCUT2D eigenvalue weighted by Gasteiger charge is -2.12. The first-order chi connectivity index (χ1) is 14.4. The molecule has 3 N–H and O–H groups in total. The molecule has 0 aliphatic carbocycles. The van der Waals surface area contributed by atoms with Crippen LogP contribution in [0, 0.1) is 0 Å². The molecule has 0 heterocycles. The zero-order valence-corrected chi connectivity index (χ0v) is 17.2. The molecule has 0 aromatic heterocycles. The molecule has 0 aliphatic heterocycles. The van der Waals surface area contributed by atoms with Gasteiger partial charge in [-0.05, 0) is 64.0 Å². The van der Waals surface area contributed by atoms with Gasteiger partial charge in [-0.25, -0.2) is 4.79 Å². The first-order valence-corrected chi connectivity index (χ1v) is 9.70. The van der Waals surface area contributed by atoms with E-state index in [9.17, 15) is 14.4 Å². The molecule has 0 atom stereocenters. The molecular weight excluding hydrogens is 448 g/mol. The number of nitrogens with one attached hydrogen (secondary N) is 2. The summed E-state index contributed by atoms with van der Waals surface area (Å²) in [6, 6.07) is 21.7. The summed E-state index contributed by atoms with van der Waals surface area (Å²) in [5.41, 5.74) is 1.67. The van der Waals surface area contributed by atoms with Crippen LogP contribution in [0.4, 0.5) is 5.69 Å². The summed E-state index contributed by atoms with van der Waals surface area (Å²) in [7, 11) is 0. The van der Waals surface area contributed by atoms with Crippen molar-refractivity contribution in [3.8, 4) is 0 Å². The van der Waals surface area contributed by atoms with Crippen molar-refractivity contribution in [1.82, 2.24) is 5.32 Å². The Hall–Kier alpha value is -3.71. The highest BCUT2D eigenvalue weighted by Crippen LogP contribution is 2.17. The van der Waals surface area contributed by atoms with E-state index in [0.717, 1.165) is 5.56 Å². The van der Waals surface area contributed by atoms with Crippen molar-refractivity contribution in [2.75, 3.05) is 5.32 Å². The van der Waals surface area contributed by atoms with Crippen LogP contribution in [0.15, 0.2) is 89.0 Å². The minimum Gasteiger partial charge on any atom is -0.478 e. The third-order valence-electron chi connectivity index (χ3n) is 4.11. The predicted octanol–water partition coefficient (Wildman–Crippen LogP) is 4.56. The van der Waals surface area contributed by atoms with Crippen molar-refractivity contribution in [1.29, 1.82) is 0 Å². The molecule has 3 aromatic carbocycles. The highest BCUT2D eigenvalue weighted by molar-refractivity contribution is 9.10. The number of hydrogen-bond acceptors (Lipinski definition) is 3. The zero-order valence-electron chi connectivity index (χ0n) is 15.6. The van der Waals surface area contributed by atoms with Gasteiger partial charge in [0, 0.05) is 10.2 Å². The van der Waals surface area contributed by atoms with Crippen LogP contribution < -0.4 is 10.6 Å². The maximum Gasteiger partial charge on any atom is 0.335 e. The lowest BCUT2D eigenvalue weighted by molar-refractivity contribution is -0.113. The Balaban J connectivity index is 1.86. The van der Waals surface area contributed by atoms with E-state index in [1.54, 1.807) is 42.5 Å². The number of carboxylic acids is 1. The van der Waals surface area contributed by atoms with Crippen molar-refractivity contribution in [2.24, 2.45) is 0 Å². The highest BCUT2D eigenvalue weighted by Gasteiger charge is 2.17. The van der Waals surface area contributed by atoms with Gasteiger partial charge in [0.2, 0.25) is 0 Å². The molecule has 0 spiro atoms. The maximum atomic E-state index is 12.9. The first kappa shape index (κ1) is 21.0. The quantitative estimate of drug-likeness (QED) is 0.466. The van der Waals surface area contributed by atoms with Gasteiger partial charge < -0.3 is 15.7 Å². The fraction of sp³-hybridized carbons (Fsp3) is 0. The molecule has 0 saturated carbocycles. The standard InChI is InChI=1S/C23H17BrN2O4/c24-19-9-5-4-8-18(19)21(27)26-20(14-15-6-2-1-3-7-15)22(28)25-17-12-10-16(11-13-17)23(29)30/h1-14H,(H,25,28)(H,26,27)(H,29,30)/b20-14-. The molecule has 150 valence electrons. The van der Waals surface area contributed by atoms with Crippen LogP contribution in [0.5, 0.6) is 0 Å². The van der Waals surface area contributed by atoms with Gasteiger partial charge in [0.05, 0.1) is 11.1 Å². The molecule has 30 heavy (non-hydrogen) atoms. The Morgan fingerprint density at radius 2 is 1.47 bits per heavy atom. The van der Waals surface area contributed by atoms with Gasteiger partial charge in [0.25, 0.3) is 11.8 Å². The van der Waals surface area contributed by atoms with E-state index in [4.69, 9.17) is 5.11 Å². The predicted molar refractivity (Wildman–Crippen MR) is 118 cm³/mol. The number of aromatic carboxylic acids is 1. The van der Waals surface area contributed by atoms with Crippen LogP contribution >= 0.6 is 15.9 Å². The molecule has 0 bridgehead atoms. The van der Waals surface area contributed by atoms with Gasteiger partial charge in [0.15, 0.2) is 0 Å². The van der Waals surface area contributed by atoms with Crippen LogP contribution in [0.2, 0.25) is 0 Å². The highest BCUT2D eigenvalue weighted by atomic mass is 79.9. The van der Waals surface area contributed by atoms with E-state index in [1.165, 1.54) is 24.3 Å². The van der Waals surface area contributed by atoms with Crippen LogP contribution in [-0.2, 0) is 4.79 Å². The molecule has 0 radical (unpaired) electrons. The van der Waals surface area contributed by atoms with Crippen molar-refractivity contribution in [3.05, 3.63) is 106 Å². The number of rotatable bonds is 6. The molecule has 3 aromatic rings. The number of benzene rings is 3. The van der Waals surface area contributed by atoms with E-state index in [-0.39, 0.29) is 11.3 Å². The Morgan fingerprint density at radius 1 is 0.833 bits per heavy atom. The van der Waals surface area contributed by atoms with Crippen molar-refractivity contribution in [2.45, 2.75) is 0 Å². The average Bonchev–Trinajstić information content (AvgIpc) is 2.74. The maximum absolute atomic E-state index is 12.9. The second-order valence-corrected chi connectivity index (χ2v) is 7.09. The van der Waals surface area contributed by atoms with E-state index in [0.29, 0.717) is 15.7 Å². The number of hydrogen-bond donors (Lipinski definition) is 3. The second kappa shape index (κ2) is 9.67. The second-order valence-electron chi connectivity index (χ2n) is 6.24. The van der Waals surface area contributed by atoms with Gasteiger partial charge in [-0.2, -0.15) is 0 Å². The van der Waals surface area contributed by atoms with Gasteiger partial charge in [-0.1, -0.05) is 42.5 Å². The molecule has 0 unspecified atom stereocenters. The summed E-state index contributed by atoms with van der Waals surface area (Å²) < 4.78 is 0.603. The Labute approximate surface area is 181 Å². The summed E-state index contributed by atoms with van der Waals surface area (Å²) in [6.45, 7) is 0. The van der Waals surface area contributed by atoms with Gasteiger partial charge >= 0.3 is 5.97 Å². The first-order valence-electron chi connectivity index (χ1n) is 8.91. The number of carbonyl (C=O) groups is 3. The summed E-state index contributed by atoms with van der Waals surface area (Å²) in [4.78, 5) is 36.6. The smallest absolute Gasteiger partial charge is 0.335 e. The van der Waals surface area contributed by atoms with Gasteiger partial charge in [-0.15, -0.1) is 0 Å². The van der Waals surface area contributed by atoms with E-state index in [1.807, 2.05) is 18.2 Å². The normalized spacial score (nSPS) is 10.9. The molecule has 7 heteroatoms. The minimum absolute atomic E-state index is 0.0456. The third kappa shape index (κ3) is 5.42. The fourth-order valence-corrected chi connectivity index (χ4v) is 3.07. The number of halogens is 1. The van der Waals surface area contributed by atoms with E-state index >= 15 is 0 Å². The number of anilines is 1. The van der Waals surface area contributed by atoms with Gasteiger partial charge in [0.1, 0.15) is 5.70 Å². The van der Waals surface area contributed by atoms with Gasteiger partial charge in [-0.3, -0.25) is 9.59 Å². The van der Waals surface area contributed by atoms with Crippen molar-refractivity contribution in [3.63, 3.8) is 0 Å². The molecule has 0 aliphatic rings. The number of carboxylic acid groups (broad SMARTS) is 1. The van der Waals surface area contributed by atoms with E-state index < -0.39 is 17.8 Å². The molecule has 6 nitrogen and oxygen atoms in total. The molecule has 3 rings (SSSR count). The fourth-order valence-electron chi connectivity index (χ4n) is 2.60. The summed E-state index contributed by atoms with van der Waals surface area (Å²) in [6.07, 6.45) is 1.57. The van der Waals surface area contributed by atoms with Crippen LogP contribution in [0.3, 0.4) is 0 Å². The molecule has 2 amide bonds. The Morgan fingerprint density at radius 3 is 2.10 bits per heavy atom. The Kier molecular flexibility index (Phi) is 6.77. The monoisotopic (exact) mass is 464 g/mol. The summed E-state index contributed by atoms with van der Waals surface area (Å²) in [5.74, 6) is -2.04. The average molecular weight is 465 g/mol. The molecule has 0 fully saturated rings. The largest absolute Gasteiger partial charge is 0.478 e. The van der Waals surface area contributed by atoms with Crippen LogP contribution in [0.1, 0.15) is 26.3 Å². The zero-order chi connectivity index (χ0) is 21.5. The van der Waals surface area contributed by atoms with Crippen LogP contribution in [0.25, 0.3) is 6.08 Å². The van der Waals surface area contributed by atoms with Crippen molar-refractivity contribution < 1.29 is 19.5 Å². The number of carbonyl (C=O) groups excluding carboxylic acids is 2. The summed E-state index contributed by atoms with van der Waals surface area (Å²) in [5, 5.41) is 14.3. The lowest BCUT2D eigenvalue weighted by atomic mass is 10.1. The SMILES string of the molecule is O=C(Nc1ccc(C(=O)O)cc1)/C(=C/c1ccccc1)NC(=O)c1ccccc1Br. The minimum atomic E-state index is -1.06. The lowest BCUT2D eigenvalue weighted by Crippen LogP contribution is -2.31. The number of amides is 2. The van der Waals surface area contributed by atoms with Crippen LogP contribution in [-0.4, -0.2) is 22.9 Å².